The van der Waals surface area contributed by atoms with Crippen LogP contribution in [0.1, 0.15) is 27.6 Å². The summed E-state index contributed by atoms with van der Waals surface area (Å²) >= 11 is 0. The number of carboxylic acids is 1. The molecule has 146 valence electrons. The summed E-state index contributed by atoms with van der Waals surface area (Å²) in [6, 6.07) is 12.1. The van der Waals surface area contributed by atoms with Crippen LogP contribution in [-0.4, -0.2) is 47.2 Å². The third-order valence-electron chi connectivity index (χ3n) is 4.19. The standard InChI is InChI=1S/C20H21N3O5/c1-26-12-18-21-19(11-13-10-14(27-2)8-9-17(13)28-3)23(22-18)16-7-5-4-6-15(16)20(24)25/h4-10H,11-12H2,1-3H3,(H,24,25). The topological polar surface area (TPSA) is 95.7 Å². The van der Waals surface area contributed by atoms with Crippen LogP contribution in [0.3, 0.4) is 0 Å². The van der Waals surface area contributed by atoms with Crippen molar-refractivity contribution in [1.82, 2.24) is 14.8 Å². The lowest BCUT2D eigenvalue weighted by molar-refractivity contribution is 0.0696. The van der Waals surface area contributed by atoms with Gasteiger partial charge in [-0.25, -0.2) is 14.5 Å². The Morgan fingerprint density at radius 1 is 1.11 bits per heavy atom. The average Bonchev–Trinajstić information content (AvgIpc) is 3.10. The highest BCUT2D eigenvalue weighted by Crippen LogP contribution is 2.27. The van der Waals surface area contributed by atoms with Gasteiger partial charge in [0.15, 0.2) is 5.82 Å². The number of nitrogens with zero attached hydrogens (tertiary/aromatic N) is 3. The van der Waals surface area contributed by atoms with Gasteiger partial charge in [0.1, 0.15) is 23.9 Å². The van der Waals surface area contributed by atoms with Gasteiger partial charge in [0.2, 0.25) is 0 Å². The number of aromatic nitrogens is 3. The minimum atomic E-state index is -1.04. The van der Waals surface area contributed by atoms with Crippen LogP contribution in [-0.2, 0) is 17.8 Å². The molecule has 1 aromatic heterocycles. The van der Waals surface area contributed by atoms with Gasteiger partial charge >= 0.3 is 5.97 Å². The molecule has 28 heavy (non-hydrogen) atoms. The zero-order chi connectivity index (χ0) is 20.1. The average molecular weight is 383 g/mol. The minimum Gasteiger partial charge on any atom is -0.497 e. The first-order valence-electron chi connectivity index (χ1n) is 8.54. The lowest BCUT2D eigenvalue weighted by atomic mass is 10.1. The summed E-state index contributed by atoms with van der Waals surface area (Å²) in [5.74, 6) is 1.34. The third-order valence-corrected chi connectivity index (χ3v) is 4.19. The number of hydrogen-bond donors (Lipinski definition) is 1. The predicted molar refractivity (Wildman–Crippen MR) is 101 cm³/mol. The van der Waals surface area contributed by atoms with Gasteiger partial charge in [-0.2, -0.15) is 0 Å². The molecule has 3 rings (SSSR count). The Labute approximate surface area is 162 Å². The van der Waals surface area contributed by atoms with Crippen molar-refractivity contribution in [3.63, 3.8) is 0 Å². The summed E-state index contributed by atoms with van der Waals surface area (Å²) in [4.78, 5) is 16.2. The molecule has 0 atom stereocenters. The van der Waals surface area contributed by atoms with E-state index in [4.69, 9.17) is 14.2 Å². The smallest absolute Gasteiger partial charge is 0.337 e. The van der Waals surface area contributed by atoms with Crippen LogP contribution in [0, 0.1) is 0 Å². The molecule has 0 amide bonds. The van der Waals surface area contributed by atoms with Crippen molar-refractivity contribution in [2.24, 2.45) is 0 Å². The van der Waals surface area contributed by atoms with E-state index in [0.717, 1.165) is 5.56 Å². The third kappa shape index (κ3) is 3.96. The minimum absolute atomic E-state index is 0.134. The maximum absolute atomic E-state index is 11.7. The summed E-state index contributed by atoms with van der Waals surface area (Å²) < 4.78 is 17.4. The van der Waals surface area contributed by atoms with Crippen molar-refractivity contribution in [3.05, 3.63) is 65.2 Å². The van der Waals surface area contributed by atoms with E-state index in [9.17, 15) is 9.90 Å². The molecule has 0 aliphatic heterocycles. The first kappa shape index (κ1) is 19.4. The van der Waals surface area contributed by atoms with Crippen molar-refractivity contribution < 1.29 is 24.1 Å². The van der Waals surface area contributed by atoms with Crippen molar-refractivity contribution >= 4 is 5.97 Å². The van der Waals surface area contributed by atoms with E-state index >= 15 is 0 Å². The molecule has 0 fully saturated rings. The maximum atomic E-state index is 11.7. The van der Waals surface area contributed by atoms with Crippen LogP contribution >= 0.6 is 0 Å². The van der Waals surface area contributed by atoms with Crippen LogP contribution in [0.25, 0.3) is 5.69 Å². The first-order valence-corrected chi connectivity index (χ1v) is 8.54. The first-order chi connectivity index (χ1) is 13.6. The van der Waals surface area contributed by atoms with Crippen molar-refractivity contribution in [1.29, 1.82) is 0 Å². The number of rotatable bonds is 8. The Balaban J connectivity index is 2.11. The van der Waals surface area contributed by atoms with Crippen LogP contribution in [0.15, 0.2) is 42.5 Å². The molecule has 0 saturated heterocycles. The SMILES string of the molecule is COCc1nc(Cc2cc(OC)ccc2OC)n(-c2ccccc2C(=O)O)n1. The van der Waals surface area contributed by atoms with Crippen LogP contribution < -0.4 is 9.47 Å². The fraction of sp³-hybridized carbons (Fsp3) is 0.250. The van der Waals surface area contributed by atoms with Gasteiger partial charge in [-0.3, -0.25) is 0 Å². The fourth-order valence-electron chi connectivity index (χ4n) is 2.92. The number of benzene rings is 2. The van der Waals surface area contributed by atoms with Crippen LogP contribution in [0.5, 0.6) is 11.5 Å². The largest absolute Gasteiger partial charge is 0.497 e. The van der Waals surface area contributed by atoms with Crippen LogP contribution in [0.4, 0.5) is 0 Å². The van der Waals surface area contributed by atoms with E-state index in [1.807, 2.05) is 18.2 Å². The van der Waals surface area contributed by atoms with E-state index in [0.29, 0.717) is 35.3 Å². The lowest BCUT2D eigenvalue weighted by Crippen LogP contribution is -2.10. The van der Waals surface area contributed by atoms with Gasteiger partial charge in [0, 0.05) is 19.1 Å². The number of carbonyl (C=O) groups is 1. The van der Waals surface area contributed by atoms with Gasteiger partial charge < -0.3 is 19.3 Å². The molecule has 0 spiro atoms. The Hall–Kier alpha value is -3.39. The molecular weight excluding hydrogens is 362 g/mol. The van der Waals surface area contributed by atoms with Crippen molar-refractivity contribution in [2.75, 3.05) is 21.3 Å². The predicted octanol–water partition coefficient (Wildman–Crippen LogP) is 2.72. The number of para-hydroxylation sites is 1. The summed E-state index contributed by atoms with van der Waals surface area (Å²) in [6.45, 7) is 0.213. The Morgan fingerprint density at radius 3 is 2.57 bits per heavy atom. The Bertz CT molecular complexity index is 984. The molecule has 0 aliphatic rings. The van der Waals surface area contributed by atoms with E-state index < -0.39 is 5.97 Å². The second kappa shape index (κ2) is 8.53. The quantitative estimate of drug-likeness (QED) is 0.639. The molecule has 0 bridgehead atoms. The molecule has 1 heterocycles. The summed E-state index contributed by atoms with van der Waals surface area (Å²) in [7, 11) is 4.73. The second-order valence-electron chi connectivity index (χ2n) is 5.97. The van der Waals surface area contributed by atoms with E-state index in [2.05, 4.69) is 10.1 Å². The number of methoxy groups -OCH3 is 3. The Kier molecular flexibility index (Phi) is 5.90. The highest BCUT2D eigenvalue weighted by molar-refractivity contribution is 5.91. The molecule has 8 nitrogen and oxygen atoms in total. The molecular formula is C20H21N3O5. The summed E-state index contributed by atoms with van der Waals surface area (Å²) in [5, 5.41) is 14.0. The van der Waals surface area contributed by atoms with Gasteiger partial charge in [-0.05, 0) is 30.3 Å². The zero-order valence-electron chi connectivity index (χ0n) is 15.9. The molecule has 0 unspecified atom stereocenters. The van der Waals surface area contributed by atoms with Crippen molar-refractivity contribution in [3.8, 4) is 17.2 Å². The zero-order valence-corrected chi connectivity index (χ0v) is 15.9. The molecule has 1 N–H and O–H groups in total. The number of carboxylic acid groups (broad SMARTS) is 1. The normalized spacial score (nSPS) is 10.7. The Morgan fingerprint density at radius 2 is 1.89 bits per heavy atom. The highest BCUT2D eigenvalue weighted by Gasteiger charge is 2.19. The van der Waals surface area contributed by atoms with Gasteiger partial charge in [-0.1, -0.05) is 12.1 Å². The highest BCUT2D eigenvalue weighted by atomic mass is 16.5. The summed E-state index contributed by atoms with van der Waals surface area (Å²) in [5.41, 5.74) is 1.41. The number of ether oxygens (including phenoxy) is 3. The molecule has 3 aromatic rings. The molecule has 8 heteroatoms. The van der Waals surface area contributed by atoms with E-state index in [-0.39, 0.29) is 12.2 Å². The number of aromatic carboxylic acids is 1. The molecule has 0 radical (unpaired) electrons. The van der Waals surface area contributed by atoms with Crippen molar-refractivity contribution in [2.45, 2.75) is 13.0 Å². The summed E-state index contributed by atoms with van der Waals surface area (Å²) in [6.07, 6.45) is 0.366. The van der Waals surface area contributed by atoms with E-state index in [1.165, 1.54) is 10.7 Å². The molecule has 2 aromatic carbocycles. The lowest BCUT2D eigenvalue weighted by Gasteiger charge is -2.12. The van der Waals surface area contributed by atoms with Gasteiger partial charge in [0.05, 0.1) is 25.5 Å². The van der Waals surface area contributed by atoms with Gasteiger partial charge in [-0.15, -0.1) is 5.10 Å². The fourth-order valence-corrected chi connectivity index (χ4v) is 2.92. The van der Waals surface area contributed by atoms with Gasteiger partial charge in [0.25, 0.3) is 0 Å². The monoisotopic (exact) mass is 383 g/mol. The molecule has 0 aliphatic carbocycles. The van der Waals surface area contributed by atoms with Crippen LogP contribution in [0.2, 0.25) is 0 Å². The number of hydrogen-bond acceptors (Lipinski definition) is 6. The second-order valence-corrected chi connectivity index (χ2v) is 5.97. The maximum Gasteiger partial charge on any atom is 0.337 e. The van der Waals surface area contributed by atoms with E-state index in [1.54, 1.807) is 39.5 Å². The molecule has 0 saturated carbocycles.